The van der Waals surface area contributed by atoms with Crippen molar-refractivity contribution in [2.45, 2.75) is 39.3 Å². The van der Waals surface area contributed by atoms with Crippen molar-refractivity contribution < 1.29 is 0 Å². The Morgan fingerprint density at radius 1 is 1.07 bits per heavy atom. The average molecular weight is 493 g/mol. The van der Waals surface area contributed by atoms with Crippen molar-refractivity contribution >= 4 is 29.9 Å². The molecular formula is C22H32IN5. The minimum atomic E-state index is 0. The van der Waals surface area contributed by atoms with Crippen LogP contribution < -0.4 is 10.6 Å². The highest BCUT2D eigenvalue weighted by atomic mass is 127. The van der Waals surface area contributed by atoms with Gasteiger partial charge in [-0.05, 0) is 57.5 Å². The number of aromatic nitrogens is 1. The average Bonchev–Trinajstić information content (AvgIpc) is 3.21. The second-order valence-electron chi connectivity index (χ2n) is 7.02. The molecule has 6 heteroatoms. The van der Waals surface area contributed by atoms with Crippen LogP contribution in [-0.4, -0.2) is 42.0 Å². The minimum Gasteiger partial charge on any atom is -0.357 e. The Balaban J connectivity index is 0.00000280. The minimum absolute atomic E-state index is 0. The summed E-state index contributed by atoms with van der Waals surface area (Å²) >= 11 is 0. The predicted molar refractivity (Wildman–Crippen MR) is 127 cm³/mol. The van der Waals surface area contributed by atoms with Gasteiger partial charge in [0.2, 0.25) is 0 Å². The van der Waals surface area contributed by atoms with Gasteiger partial charge >= 0.3 is 0 Å². The summed E-state index contributed by atoms with van der Waals surface area (Å²) < 4.78 is 0. The molecule has 0 bridgehead atoms. The molecule has 28 heavy (non-hydrogen) atoms. The second-order valence-corrected chi connectivity index (χ2v) is 7.02. The summed E-state index contributed by atoms with van der Waals surface area (Å²) in [4.78, 5) is 11.8. The van der Waals surface area contributed by atoms with Crippen LogP contribution in [0.4, 0.5) is 0 Å². The fraction of sp³-hybridized carbons (Fsp3) is 0.455. The van der Waals surface area contributed by atoms with Gasteiger partial charge in [-0.25, -0.2) is 4.99 Å². The first-order chi connectivity index (χ1) is 13.3. The number of hydrogen-bond acceptors (Lipinski definition) is 3. The SMILES string of the molecule is CCNC(=NCc1cccc(C)n1)NCC(c1ccccc1)N1CCCC1.I. The number of aliphatic imine (C=N–C) groups is 1. The van der Waals surface area contributed by atoms with Crippen LogP contribution in [0.1, 0.15) is 42.8 Å². The van der Waals surface area contributed by atoms with Gasteiger partial charge in [0.05, 0.1) is 18.3 Å². The van der Waals surface area contributed by atoms with E-state index in [9.17, 15) is 0 Å². The van der Waals surface area contributed by atoms with E-state index in [-0.39, 0.29) is 24.0 Å². The Bertz CT molecular complexity index is 729. The van der Waals surface area contributed by atoms with Crippen LogP contribution in [0.25, 0.3) is 0 Å². The largest absolute Gasteiger partial charge is 0.357 e. The van der Waals surface area contributed by atoms with E-state index in [1.165, 1.54) is 31.5 Å². The maximum atomic E-state index is 4.73. The molecule has 2 aromatic rings. The molecule has 1 fully saturated rings. The van der Waals surface area contributed by atoms with Crippen molar-refractivity contribution in [2.24, 2.45) is 4.99 Å². The highest BCUT2D eigenvalue weighted by molar-refractivity contribution is 14.0. The third-order valence-electron chi connectivity index (χ3n) is 4.92. The van der Waals surface area contributed by atoms with E-state index in [0.717, 1.165) is 30.4 Å². The van der Waals surface area contributed by atoms with Crippen LogP contribution in [-0.2, 0) is 6.54 Å². The summed E-state index contributed by atoms with van der Waals surface area (Å²) in [5.41, 5.74) is 3.38. The zero-order chi connectivity index (χ0) is 18.9. The van der Waals surface area contributed by atoms with Gasteiger partial charge in [0.1, 0.15) is 0 Å². The van der Waals surface area contributed by atoms with Crippen molar-refractivity contribution in [1.29, 1.82) is 0 Å². The summed E-state index contributed by atoms with van der Waals surface area (Å²) in [6, 6.07) is 17.2. The molecule has 1 aliphatic rings. The first kappa shape index (κ1) is 22.6. The molecular weight excluding hydrogens is 461 g/mol. The smallest absolute Gasteiger partial charge is 0.191 e. The molecule has 1 aromatic carbocycles. The Labute approximate surface area is 186 Å². The molecule has 0 aliphatic carbocycles. The molecule has 5 nitrogen and oxygen atoms in total. The van der Waals surface area contributed by atoms with Gasteiger partial charge in [0, 0.05) is 18.8 Å². The van der Waals surface area contributed by atoms with E-state index in [4.69, 9.17) is 4.99 Å². The molecule has 1 unspecified atom stereocenters. The molecule has 1 aliphatic heterocycles. The number of likely N-dealkylation sites (tertiary alicyclic amines) is 1. The van der Waals surface area contributed by atoms with E-state index < -0.39 is 0 Å². The molecule has 0 amide bonds. The normalized spacial score (nSPS) is 15.7. The number of hydrogen-bond donors (Lipinski definition) is 2. The monoisotopic (exact) mass is 493 g/mol. The maximum Gasteiger partial charge on any atom is 0.191 e. The Hall–Kier alpha value is -1.67. The lowest BCUT2D eigenvalue weighted by Gasteiger charge is -2.29. The Kier molecular flexibility index (Phi) is 9.70. The number of rotatable bonds is 7. The van der Waals surface area contributed by atoms with E-state index >= 15 is 0 Å². The van der Waals surface area contributed by atoms with Crippen LogP contribution in [0.3, 0.4) is 0 Å². The molecule has 152 valence electrons. The fourth-order valence-electron chi connectivity index (χ4n) is 3.57. The topological polar surface area (TPSA) is 52.6 Å². The molecule has 2 heterocycles. The molecule has 3 rings (SSSR count). The van der Waals surface area contributed by atoms with Crippen LogP contribution in [0.5, 0.6) is 0 Å². The van der Waals surface area contributed by atoms with Gasteiger partial charge < -0.3 is 10.6 Å². The lowest BCUT2D eigenvalue weighted by Crippen LogP contribution is -2.42. The van der Waals surface area contributed by atoms with E-state index in [1.807, 2.05) is 25.1 Å². The van der Waals surface area contributed by atoms with Gasteiger partial charge in [-0.3, -0.25) is 9.88 Å². The third-order valence-corrected chi connectivity index (χ3v) is 4.92. The van der Waals surface area contributed by atoms with Crippen LogP contribution in [0, 0.1) is 6.92 Å². The summed E-state index contributed by atoms with van der Waals surface area (Å²) in [6.07, 6.45) is 2.58. The zero-order valence-corrected chi connectivity index (χ0v) is 19.2. The number of guanidine groups is 1. The van der Waals surface area contributed by atoms with E-state index in [1.54, 1.807) is 0 Å². The maximum absolute atomic E-state index is 4.73. The van der Waals surface area contributed by atoms with Crippen LogP contribution >= 0.6 is 24.0 Å². The summed E-state index contributed by atoms with van der Waals surface area (Å²) in [7, 11) is 0. The molecule has 1 aromatic heterocycles. The van der Waals surface area contributed by atoms with Gasteiger partial charge in [0.25, 0.3) is 0 Å². The lowest BCUT2D eigenvalue weighted by atomic mass is 10.1. The van der Waals surface area contributed by atoms with Crippen LogP contribution in [0.2, 0.25) is 0 Å². The highest BCUT2D eigenvalue weighted by Crippen LogP contribution is 2.24. The number of aryl methyl sites for hydroxylation is 1. The van der Waals surface area contributed by atoms with Gasteiger partial charge in [-0.1, -0.05) is 36.4 Å². The van der Waals surface area contributed by atoms with Gasteiger partial charge in [0.15, 0.2) is 5.96 Å². The third kappa shape index (κ3) is 6.74. The van der Waals surface area contributed by atoms with Crippen molar-refractivity contribution in [2.75, 3.05) is 26.2 Å². The predicted octanol–water partition coefficient (Wildman–Crippen LogP) is 3.90. The Morgan fingerprint density at radius 2 is 1.82 bits per heavy atom. The van der Waals surface area contributed by atoms with Gasteiger partial charge in [-0.2, -0.15) is 0 Å². The van der Waals surface area contributed by atoms with E-state index in [2.05, 4.69) is 57.8 Å². The standard InChI is InChI=1S/C22H31N5.HI/c1-3-23-22(24-16-20-13-9-10-18(2)26-20)25-17-21(27-14-7-8-15-27)19-11-5-4-6-12-19;/h4-6,9-13,21H,3,7-8,14-17H2,1-2H3,(H2,23,24,25);1H. The van der Waals surface area contributed by atoms with E-state index in [0.29, 0.717) is 12.6 Å². The molecule has 0 radical (unpaired) electrons. The molecule has 1 atom stereocenters. The highest BCUT2D eigenvalue weighted by Gasteiger charge is 2.23. The Morgan fingerprint density at radius 3 is 2.50 bits per heavy atom. The van der Waals surface area contributed by atoms with Crippen LogP contribution in [0.15, 0.2) is 53.5 Å². The molecule has 0 saturated carbocycles. The quantitative estimate of drug-likeness (QED) is 0.349. The number of halogens is 1. The lowest BCUT2D eigenvalue weighted by molar-refractivity contribution is 0.245. The first-order valence-corrected chi connectivity index (χ1v) is 10.00. The van der Waals surface area contributed by atoms with Crippen molar-refractivity contribution in [3.63, 3.8) is 0 Å². The molecule has 0 spiro atoms. The number of pyridine rings is 1. The molecule has 2 N–H and O–H groups in total. The van der Waals surface area contributed by atoms with Crippen molar-refractivity contribution in [3.8, 4) is 0 Å². The second kappa shape index (κ2) is 12.0. The van der Waals surface area contributed by atoms with Crippen molar-refractivity contribution in [3.05, 3.63) is 65.5 Å². The summed E-state index contributed by atoms with van der Waals surface area (Å²) in [5, 5.41) is 6.91. The zero-order valence-electron chi connectivity index (χ0n) is 16.9. The molecule has 1 saturated heterocycles. The number of nitrogens with zero attached hydrogens (tertiary/aromatic N) is 3. The summed E-state index contributed by atoms with van der Waals surface area (Å²) in [6.45, 7) is 8.71. The fourth-order valence-corrected chi connectivity index (χ4v) is 3.57. The number of nitrogens with one attached hydrogen (secondary N) is 2. The van der Waals surface area contributed by atoms with Gasteiger partial charge in [-0.15, -0.1) is 24.0 Å². The summed E-state index contributed by atoms with van der Waals surface area (Å²) in [5.74, 6) is 0.848. The number of benzene rings is 1. The first-order valence-electron chi connectivity index (χ1n) is 10.00. The van der Waals surface area contributed by atoms with Crippen molar-refractivity contribution in [1.82, 2.24) is 20.5 Å².